The number of halogens is 2. The largest absolute Gasteiger partial charge is 0.350 e. The van der Waals surface area contributed by atoms with Gasteiger partial charge in [-0.1, -0.05) is 6.07 Å². The summed E-state index contributed by atoms with van der Waals surface area (Å²) in [5.74, 6) is -2.05. The molecule has 2 aromatic carbocycles. The van der Waals surface area contributed by atoms with Crippen LogP contribution in [-0.2, 0) is 4.79 Å². The molecule has 2 aromatic rings. The smallest absolute Gasteiger partial charge is 0.323 e. The number of nitrogens with two attached hydrogens (primary N) is 1. The summed E-state index contributed by atoms with van der Waals surface area (Å²) in [6.07, 6.45) is 2.17. The summed E-state index contributed by atoms with van der Waals surface area (Å²) in [4.78, 5) is 42.6. The van der Waals surface area contributed by atoms with Gasteiger partial charge in [0.05, 0.1) is 0 Å². The molecule has 0 bridgehead atoms. The molecule has 1 aliphatic heterocycles. The van der Waals surface area contributed by atoms with Crippen molar-refractivity contribution in [2.75, 3.05) is 18.4 Å². The number of hydrogen-bond acceptors (Lipinski definition) is 4. The quantitative estimate of drug-likeness (QED) is 0.619. The summed E-state index contributed by atoms with van der Waals surface area (Å²) < 4.78 is 27.1. The lowest BCUT2D eigenvalue weighted by Gasteiger charge is -2.43. The molecule has 0 radical (unpaired) electrons. The van der Waals surface area contributed by atoms with Gasteiger partial charge in [0, 0.05) is 36.4 Å². The van der Waals surface area contributed by atoms with Crippen LogP contribution in [0.4, 0.5) is 19.3 Å². The fraction of sp³-hybridized carbons (Fsp3) is 0.400. The second-order valence-electron chi connectivity index (χ2n) is 8.99. The minimum atomic E-state index is -1.23. The number of urea groups is 1. The van der Waals surface area contributed by atoms with Crippen LogP contribution < -0.4 is 16.4 Å². The molecular weight excluding hydrogens is 456 g/mol. The monoisotopic (exact) mass is 485 g/mol. The average molecular weight is 486 g/mol. The molecule has 4 N–H and O–H groups in total. The van der Waals surface area contributed by atoms with E-state index in [0.29, 0.717) is 24.9 Å². The first kappa shape index (κ1) is 24.6. The van der Waals surface area contributed by atoms with E-state index in [1.807, 2.05) is 0 Å². The van der Waals surface area contributed by atoms with E-state index < -0.39 is 35.6 Å². The highest BCUT2D eigenvalue weighted by atomic mass is 19.1. The summed E-state index contributed by atoms with van der Waals surface area (Å²) in [7, 11) is 0. The molecule has 8 nitrogen and oxygen atoms in total. The predicted molar refractivity (Wildman–Crippen MR) is 126 cm³/mol. The number of rotatable bonds is 4. The van der Waals surface area contributed by atoms with Gasteiger partial charge < -0.3 is 21.3 Å². The van der Waals surface area contributed by atoms with Crippen molar-refractivity contribution in [2.45, 2.75) is 50.4 Å². The third-order valence-corrected chi connectivity index (χ3v) is 6.43. The van der Waals surface area contributed by atoms with Crippen LogP contribution in [0.2, 0.25) is 0 Å². The molecule has 10 heteroatoms. The van der Waals surface area contributed by atoms with Gasteiger partial charge in [-0.3, -0.25) is 14.5 Å². The molecule has 0 aromatic heterocycles. The van der Waals surface area contributed by atoms with E-state index >= 15 is 0 Å². The molecule has 35 heavy (non-hydrogen) atoms. The lowest BCUT2D eigenvalue weighted by Crippen LogP contribution is -2.65. The number of nitrogens with zero attached hydrogens (tertiary/aromatic N) is 2. The SMILES string of the molecule is NC1CCC(NC(=O)C2N(C(=O)Nc3ccc(F)cc3)CCCN2C(=O)c2cccc(F)c2)CC1. The minimum absolute atomic E-state index is 0.0900. The lowest BCUT2D eigenvalue weighted by molar-refractivity contribution is -0.133. The molecule has 1 saturated carbocycles. The summed E-state index contributed by atoms with van der Waals surface area (Å²) in [6, 6.07) is 9.86. The summed E-state index contributed by atoms with van der Waals surface area (Å²) in [5.41, 5.74) is 6.41. The van der Waals surface area contributed by atoms with Gasteiger partial charge in [0.1, 0.15) is 11.6 Å². The molecule has 1 atom stereocenters. The van der Waals surface area contributed by atoms with Gasteiger partial charge in [-0.2, -0.15) is 0 Å². The van der Waals surface area contributed by atoms with Gasteiger partial charge in [0.15, 0.2) is 6.17 Å². The first-order valence-electron chi connectivity index (χ1n) is 11.8. The minimum Gasteiger partial charge on any atom is -0.350 e. The van der Waals surface area contributed by atoms with Crippen LogP contribution in [0.25, 0.3) is 0 Å². The second kappa shape index (κ2) is 10.8. The zero-order chi connectivity index (χ0) is 24.9. The van der Waals surface area contributed by atoms with Crippen LogP contribution >= 0.6 is 0 Å². The van der Waals surface area contributed by atoms with Crippen molar-refractivity contribution in [3.63, 3.8) is 0 Å². The van der Waals surface area contributed by atoms with Crippen LogP contribution in [0.3, 0.4) is 0 Å². The number of benzene rings is 2. The van der Waals surface area contributed by atoms with Crippen molar-refractivity contribution < 1.29 is 23.2 Å². The molecule has 2 fully saturated rings. The first-order chi connectivity index (χ1) is 16.8. The van der Waals surface area contributed by atoms with Crippen LogP contribution in [0, 0.1) is 11.6 Å². The Morgan fingerprint density at radius 1 is 0.886 bits per heavy atom. The Hall–Kier alpha value is -3.53. The van der Waals surface area contributed by atoms with E-state index in [-0.39, 0.29) is 30.7 Å². The van der Waals surface area contributed by atoms with Gasteiger partial charge in [-0.05, 0) is 74.6 Å². The van der Waals surface area contributed by atoms with E-state index in [0.717, 1.165) is 18.9 Å². The third kappa shape index (κ3) is 5.94. The van der Waals surface area contributed by atoms with Gasteiger partial charge in [0.25, 0.3) is 11.8 Å². The van der Waals surface area contributed by atoms with E-state index in [1.54, 1.807) is 0 Å². The number of hydrogen-bond donors (Lipinski definition) is 3. The standard InChI is InChI=1S/C25H29F2N5O3/c26-17-5-9-21(10-6-17)30-25(35)32-14-2-13-31(24(34)16-3-1-4-18(27)15-16)23(32)22(33)29-20-11-7-19(28)8-12-20/h1,3-6,9-10,15,19-20,23H,2,7-8,11-14,28H2,(H,29,33)(H,30,35). The molecular formula is C25H29F2N5O3. The van der Waals surface area contributed by atoms with Crippen LogP contribution in [0.1, 0.15) is 42.5 Å². The summed E-state index contributed by atoms with van der Waals surface area (Å²) in [6.45, 7) is 0.455. The molecule has 186 valence electrons. The van der Waals surface area contributed by atoms with E-state index in [4.69, 9.17) is 5.73 Å². The van der Waals surface area contributed by atoms with E-state index in [1.165, 1.54) is 52.3 Å². The Balaban J connectivity index is 1.59. The lowest BCUT2D eigenvalue weighted by atomic mass is 9.91. The number of carbonyl (C=O) groups is 3. The van der Waals surface area contributed by atoms with Gasteiger partial charge >= 0.3 is 6.03 Å². The zero-order valence-corrected chi connectivity index (χ0v) is 19.3. The van der Waals surface area contributed by atoms with Crippen molar-refractivity contribution in [3.8, 4) is 0 Å². The molecule has 1 heterocycles. The predicted octanol–water partition coefficient (Wildman–Crippen LogP) is 3.06. The Bertz CT molecular complexity index is 1070. The van der Waals surface area contributed by atoms with E-state index in [9.17, 15) is 23.2 Å². The van der Waals surface area contributed by atoms with Crippen molar-refractivity contribution in [3.05, 3.63) is 65.7 Å². The summed E-state index contributed by atoms with van der Waals surface area (Å²) in [5, 5.41) is 5.65. The zero-order valence-electron chi connectivity index (χ0n) is 19.3. The maximum absolute atomic E-state index is 13.8. The Labute approximate surface area is 202 Å². The molecule has 1 unspecified atom stereocenters. The number of carbonyl (C=O) groups excluding carboxylic acids is 3. The van der Waals surface area contributed by atoms with Crippen LogP contribution in [0.5, 0.6) is 0 Å². The highest BCUT2D eigenvalue weighted by molar-refractivity contribution is 6.00. The Kier molecular flexibility index (Phi) is 7.60. The van der Waals surface area contributed by atoms with Crippen molar-refractivity contribution in [2.24, 2.45) is 5.73 Å². The molecule has 2 aliphatic rings. The molecule has 4 amide bonds. The van der Waals surface area contributed by atoms with E-state index in [2.05, 4.69) is 10.6 Å². The Morgan fingerprint density at radius 3 is 2.26 bits per heavy atom. The molecule has 1 saturated heterocycles. The molecule has 0 spiro atoms. The number of nitrogens with one attached hydrogen (secondary N) is 2. The number of amides is 4. The molecule has 4 rings (SSSR count). The van der Waals surface area contributed by atoms with Gasteiger partial charge in [0.2, 0.25) is 0 Å². The highest BCUT2D eigenvalue weighted by Gasteiger charge is 2.41. The van der Waals surface area contributed by atoms with Gasteiger partial charge in [-0.15, -0.1) is 0 Å². The maximum atomic E-state index is 13.8. The van der Waals surface area contributed by atoms with Crippen LogP contribution in [-0.4, -0.2) is 59.0 Å². The maximum Gasteiger partial charge on any atom is 0.323 e. The normalized spacial score (nSPS) is 22.4. The summed E-state index contributed by atoms with van der Waals surface area (Å²) >= 11 is 0. The Morgan fingerprint density at radius 2 is 1.57 bits per heavy atom. The number of anilines is 1. The topological polar surface area (TPSA) is 108 Å². The van der Waals surface area contributed by atoms with Gasteiger partial charge in [-0.25, -0.2) is 13.6 Å². The highest BCUT2D eigenvalue weighted by Crippen LogP contribution is 2.23. The second-order valence-corrected chi connectivity index (χ2v) is 8.99. The van der Waals surface area contributed by atoms with Crippen molar-refractivity contribution in [1.82, 2.24) is 15.1 Å². The first-order valence-corrected chi connectivity index (χ1v) is 11.8. The van der Waals surface area contributed by atoms with Crippen molar-refractivity contribution in [1.29, 1.82) is 0 Å². The fourth-order valence-corrected chi connectivity index (χ4v) is 4.59. The van der Waals surface area contributed by atoms with Crippen molar-refractivity contribution >= 4 is 23.5 Å². The molecule has 1 aliphatic carbocycles. The third-order valence-electron chi connectivity index (χ3n) is 6.43. The average Bonchev–Trinajstić information content (AvgIpc) is 2.86. The van der Waals surface area contributed by atoms with Crippen LogP contribution in [0.15, 0.2) is 48.5 Å². The fourth-order valence-electron chi connectivity index (χ4n) is 4.59.